The van der Waals surface area contributed by atoms with Crippen molar-refractivity contribution in [1.29, 1.82) is 0 Å². The van der Waals surface area contributed by atoms with Gasteiger partial charge in [0.2, 0.25) is 11.9 Å². The van der Waals surface area contributed by atoms with E-state index in [1.807, 2.05) is 37.3 Å². The normalized spacial score (nSPS) is 21.1. The highest BCUT2D eigenvalue weighted by Crippen LogP contribution is 2.10. The number of nitrogens with one attached hydrogen (secondary N) is 1. The molecule has 0 aromatic heterocycles. The lowest BCUT2D eigenvalue weighted by molar-refractivity contribution is -0.124. The van der Waals surface area contributed by atoms with Crippen molar-refractivity contribution in [3.8, 4) is 0 Å². The molecular formula is C16H23N3O. The second-order valence-corrected chi connectivity index (χ2v) is 5.32. The molecule has 1 aromatic carbocycles. The first kappa shape index (κ1) is 14.6. The molecule has 1 aliphatic rings. The number of carbonyl (C=O) groups excluding carboxylic acids is 1. The summed E-state index contributed by atoms with van der Waals surface area (Å²) < 4.78 is 0. The minimum atomic E-state index is 0.0301. The fourth-order valence-corrected chi connectivity index (χ4v) is 2.25. The number of rotatable bonds is 5. The molecule has 4 heteroatoms. The van der Waals surface area contributed by atoms with Crippen LogP contribution >= 0.6 is 0 Å². The smallest absolute Gasteiger partial charge is 0.231 e. The van der Waals surface area contributed by atoms with Gasteiger partial charge < -0.3 is 4.90 Å². The summed E-state index contributed by atoms with van der Waals surface area (Å²) in [6.07, 6.45) is 2.26. The highest BCUT2D eigenvalue weighted by atomic mass is 16.2. The average molecular weight is 273 g/mol. The molecule has 1 aliphatic heterocycles. The topological polar surface area (TPSA) is 44.7 Å². The molecule has 0 radical (unpaired) electrons. The SMILES string of the molecule is CCCCN1CC(C)C(=O)NC1=NCc1ccccc1. The summed E-state index contributed by atoms with van der Waals surface area (Å²) in [5, 5.41) is 2.93. The van der Waals surface area contributed by atoms with Crippen LogP contribution in [0.4, 0.5) is 0 Å². The number of aliphatic imine (C=N–C) groups is 1. The number of hydrogen-bond donors (Lipinski definition) is 1. The number of unbranched alkanes of at least 4 members (excludes halogenated alkanes) is 1. The average Bonchev–Trinajstić information content (AvgIpc) is 2.47. The van der Waals surface area contributed by atoms with Crippen LogP contribution in [0.25, 0.3) is 0 Å². The van der Waals surface area contributed by atoms with Crippen LogP contribution in [-0.2, 0) is 11.3 Å². The Morgan fingerprint density at radius 3 is 2.80 bits per heavy atom. The largest absolute Gasteiger partial charge is 0.342 e. The maximum absolute atomic E-state index is 11.8. The first-order valence-corrected chi connectivity index (χ1v) is 7.35. The number of benzene rings is 1. The summed E-state index contributed by atoms with van der Waals surface area (Å²) in [6.45, 7) is 6.46. The summed E-state index contributed by atoms with van der Waals surface area (Å²) in [7, 11) is 0. The van der Waals surface area contributed by atoms with Gasteiger partial charge in [-0.3, -0.25) is 10.1 Å². The number of carbonyl (C=O) groups is 1. The molecule has 1 unspecified atom stereocenters. The number of amides is 1. The zero-order chi connectivity index (χ0) is 14.4. The standard InChI is InChI=1S/C16H23N3O/c1-3-4-10-19-12-13(2)15(20)18-16(19)17-11-14-8-6-5-7-9-14/h5-9,13H,3-4,10-12H2,1-2H3,(H,17,18,20). The summed E-state index contributed by atoms with van der Waals surface area (Å²) in [6, 6.07) is 10.1. The van der Waals surface area contributed by atoms with Gasteiger partial charge in [-0.05, 0) is 12.0 Å². The molecule has 1 amide bonds. The summed E-state index contributed by atoms with van der Waals surface area (Å²) in [4.78, 5) is 18.6. The Morgan fingerprint density at radius 1 is 1.35 bits per heavy atom. The maximum Gasteiger partial charge on any atom is 0.231 e. The highest BCUT2D eigenvalue weighted by molar-refractivity contribution is 6.00. The molecule has 1 atom stereocenters. The Hall–Kier alpha value is -1.84. The van der Waals surface area contributed by atoms with E-state index < -0.39 is 0 Å². The zero-order valence-corrected chi connectivity index (χ0v) is 12.3. The second kappa shape index (κ2) is 7.08. The lowest BCUT2D eigenvalue weighted by atomic mass is 10.1. The van der Waals surface area contributed by atoms with Gasteiger partial charge in [-0.1, -0.05) is 50.6 Å². The zero-order valence-electron chi connectivity index (χ0n) is 12.3. The van der Waals surface area contributed by atoms with Crippen LogP contribution in [0.1, 0.15) is 32.3 Å². The van der Waals surface area contributed by atoms with E-state index in [9.17, 15) is 4.79 Å². The van der Waals surface area contributed by atoms with Crippen molar-refractivity contribution >= 4 is 11.9 Å². The summed E-state index contributed by atoms with van der Waals surface area (Å²) in [5.74, 6) is 0.831. The predicted molar refractivity (Wildman–Crippen MR) is 81.4 cm³/mol. The number of hydrogen-bond acceptors (Lipinski definition) is 2. The first-order chi connectivity index (χ1) is 9.70. The molecule has 108 valence electrons. The minimum Gasteiger partial charge on any atom is -0.342 e. The number of nitrogens with zero attached hydrogens (tertiary/aromatic N) is 2. The van der Waals surface area contributed by atoms with E-state index in [1.54, 1.807) is 0 Å². The quantitative estimate of drug-likeness (QED) is 0.895. The van der Waals surface area contributed by atoms with Crippen LogP contribution in [0.2, 0.25) is 0 Å². The van der Waals surface area contributed by atoms with Crippen LogP contribution in [0.3, 0.4) is 0 Å². The molecule has 4 nitrogen and oxygen atoms in total. The van der Waals surface area contributed by atoms with Gasteiger partial charge in [-0.15, -0.1) is 0 Å². The third-order valence-electron chi connectivity index (χ3n) is 3.51. The van der Waals surface area contributed by atoms with E-state index in [0.717, 1.165) is 37.5 Å². The van der Waals surface area contributed by atoms with Crippen molar-refractivity contribution in [3.05, 3.63) is 35.9 Å². The molecule has 2 rings (SSSR count). The van der Waals surface area contributed by atoms with Gasteiger partial charge in [0.15, 0.2) is 0 Å². The maximum atomic E-state index is 11.8. The molecule has 0 saturated carbocycles. The third kappa shape index (κ3) is 3.83. The van der Waals surface area contributed by atoms with Crippen LogP contribution in [0.15, 0.2) is 35.3 Å². The van der Waals surface area contributed by atoms with Crippen molar-refractivity contribution < 1.29 is 4.79 Å². The Morgan fingerprint density at radius 2 is 2.10 bits per heavy atom. The fourth-order valence-electron chi connectivity index (χ4n) is 2.25. The molecule has 20 heavy (non-hydrogen) atoms. The Kier molecular flexibility index (Phi) is 5.16. The molecule has 0 spiro atoms. The van der Waals surface area contributed by atoms with E-state index in [1.165, 1.54) is 0 Å². The Balaban J connectivity index is 2.06. The van der Waals surface area contributed by atoms with Crippen LogP contribution < -0.4 is 5.32 Å². The summed E-state index contributed by atoms with van der Waals surface area (Å²) >= 11 is 0. The van der Waals surface area contributed by atoms with Crippen LogP contribution in [-0.4, -0.2) is 29.9 Å². The van der Waals surface area contributed by atoms with Crippen LogP contribution in [0, 0.1) is 5.92 Å². The van der Waals surface area contributed by atoms with E-state index in [0.29, 0.717) is 6.54 Å². The predicted octanol–water partition coefficient (Wildman–Crippen LogP) is 2.41. The molecule has 1 saturated heterocycles. The van der Waals surface area contributed by atoms with E-state index in [4.69, 9.17) is 0 Å². The fraction of sp³-hybridized carbons (Fsp3) is 0.500. The lowest BCUT2D eigenvalue weighted by Gasteiger charge is -2.33. The molecule has 0 aliphatic carbocycles. The Bertz CT molecular complexity index is 470. The van der Waals surface area contributed by atoms with Crippen molar-refractivity contribution in [2.75, 3.05) is 13.1 Å². The van der Waals surface area contributed by atoms with Gasteiger partial charge in [0.25, 0.3) is 0 Å². The van der Waals surface area contributed by atoms with Gasteiger partial charge in [-0.25, -0.2) is 4.99 Å². The first-order valence-electron chi connectivity index (χ1n) is 7.35. The molecule has 1 heterocycles. The van der Waals surface area contributed by atoms with Crippen molar-refractivity contribution in [2.45, 2.75) is 33.2 Å². The lowest BCUT2D eigenvalue weighted by Crippen LogP contribution is -2.54. The van der Waals surface area contributed by atoms with Gasteiger partial charge in [-0.2, -0.15) is 0 Å². The number of guanidine groups is 1. The second-order valence-electron chi connectivity index (χ2n) is 5.32. The van der Waals surface area contributed by atoms with Gasteiger partial charge in [0.1, 0.15) is 0 Å². The van der Waals surface area contributed by atoms with E-state index in [2.05, 4.69) is 22.1 Å². The summed E-state index contributed by atoms with van der Waals surface area (Å²) in [5.41, 5.74) is 1.16. The molecule has 1 fully saturated rings. The van der Waals surface area contributed by atoms with Crippen molar-refractivity contribution in [1.82, 2.24) is 10.2 Å². The van der Waals surface area contributed by atoms with E-state index >= 15 is 0 Å². The molecule has 1 N–H and O–H groups in total. The van der Waals surface area contributed by atoms with Gasteiger partial charge >= 0.3 is 0 Å². The van der Waals surface area contributed by atoms with Crippen molar-refractivity contribution in [3.63, 3.8) is 0 Å². The highest BCUT2D eigenvalue weighted by Gasteiger charge is 2.26. The van der Waals surface area contributed by atoms with Gasteiger partial charge in [0, 0.05) is 13.1 Å². The van der Waals surface area contributed by atoms with Crippen LogP contribution in [0.5, 0.6) is 0 Å². The molecular weight excluding hydrogens is 250 g/mol. The van der Waals surface area contributed by atoms with Crippen molar-refractivity contribution in [2.24, 2.45) is 10.9 Å². The Labute approximate surface area is 120 Å². The third-order valence-corrected chi connectivity index (χ3v) is 3.51. The molecule has 0 bridgehead atoms. The minimum absolute atomic E-state index is 0.0301. The van der Waals surface area contributed by atoms with Gasteiger partial charge in [0.05, 0.1) is 12.5 Å². The molecule has 1 aromatic rings. The van der Waals surface area contributed by atoms with E-state index in [-0.39, 0.29) is 11.8 Å². The monoisotopic (exact) mass is 273 g/mol.